The van der Waals surface area contributed by atoms with Gasteiger partial charge in [0, 0.05) is 18.2 Å². The molecule has 0 aliphatic heterocycles. The topological polar surface area (TPSA) is 59.9 Å². The molecule has 1 N–H and O–H groups in total. The smallest absolute Gasteiger partial charge is 0.164 e. The van der Waals surface area contributed by atoms with Crippen molar-refractivity contribution in [1.82, 2.24) is 20.5 Å². The number of nitrogens with one attached hydrogen (secondary N) is 1. The van der Waals surface area contributed by atoms with Gasteiger partial charge in [-0.1, -0.05) is 42.5 Å². The van der Waals surface area contributed by atoms with Crippen molar-refractivity contribution in [2.24, 2.45) is 0 Å². The zero-order valence-corrected chi connectivity index (χ0v) is 13.9. The maximum atomic E-state index is 5.84. The summed E-state index contributed by atoms with van der Waals surface area (Å²) in [4.78, 5) is 4.18. The zero-order chi connectivity index (χ0) is 16.9. The van der Waals surface area contributed by atoms with Crippen LogP contribution in [0.25, 0.3) is 0 Å². The summed E-state index contributed by atoms with van der Waals surface area (Å²) in [5.74, 6) is 2.19. The summed E-state index contributed by atoms with van der Waals surface area (Å²) in [5, 5.41) is 11.3. The monoisotopic (exact) mass is 332 g/mol. The van der Waals surface area contributed by atoms with Gasteiger partial charge in [-0.25, -0.2) is 4.98 Å². The van der Waals surface area contributed by atoms with Gasteiger partial charge in [0.15, 0.2) is 5.82 Å². The van der Waals surface area contributed by atoms with Crippen LogP contribution in [0.1, 0.15) is 29.3 Å². The standard InChI is InChI=1S/C20H20N4O/c1-2-4-15(5-3-1)14-25-17-8-6-16(7-9-17)18-12-19(18)22-13-20-21-10-11-23-24-20/h1-11,18-19,22H,12-14H2. The van der Waals surface area contributed by atoms with Gasteiger partial charge < -0.3 is 10.1 Å². The quantitative estimate of drug-likeness (QED) is 0.720. The van der Waals surface area contributed by atoms with Crippen molar-refractivity contribution < 1.29 is 4.74 Å². The van der Waals surface area contributed by atoms with E-state index in [4.69, 9.17) is 4.74 Å². The van der Waals surface area contributed by atoms with Gasteiger partial charge in [0.05, 0.1) is 12.7 Å². The Hall–Kier alpha value is -2.79. The van der Waals surface area contributed by atoms with Crippen molar-refractivity contribution in [3.63, 3.8) is 0 Å². The Bertz CT molecular complexity index is 793. The van der Waals surface area contributed by atoms with Crippen LogP contribution in [-0.2, 0) is 13.2 Å². The lowest BCUT2D eigenvalue weighted by molar-refractivity contribution is 0.306. The molecule has 3 aromatic rings. The fourth-order valence-corrected chi connectivity index (χ4v) is 2.92. The molecule has 2 unspecified atom stereocenters. The molecule has 0 amide bonds. The molecule has 1 fully saturated rings. The van der Waals surface area contributed by atoms with E-state index in [0.717, 1.165) is 18.0 Å². The first kappa shape index (κ1) is 15.7. The van der Waals surface area contributed by atoms with Gasteiger partial charge in [-0.05, 0) is 29.7 Å². The molecule has 4 rings (SSSR count). The van der Waals surface area contributed by atoms with E-state index in [0.29, 0.717) is 25.1 Å². The summed E-state index contributed by atoms with van der Waals surface area (Å²) >= 11 is 0. The Morgan fingerprint density at radius 3 is 2.60 bits per heavy atom. The van der Waals surface area contributed by atoms with Crippen molar-refractivity contribution in [3.05, 3.63) is 83.9 Å². The van der Waals surface area contributed by atoms with Crippen molar-refractivity contribution >= 4 is 0 Å². The first-order valence-corrected chi connectivity index (χ1v) is 8.51. The first-order chi connectivity index (χ1) is 12.4. The lowest BCUT2D eigenvalue weighted by Gasteiger charge is -2.08. The van der Waals surface area contributed by atoms with E-state index >= 15 is 0 Å². The van der Waals surface area contributed by atoms with Gasteiger partial charge in [-0.2, -0.15) is 5.10 Å². The molecule has 1 aliphatic rings. The molecule has 1 aliphatic carbocycles. The third-order valence-corrected chi connectivity index (χ3v) is 4.40. The molecule has 0 spiro atoms. The summed E-state index contributed by atoms with van der Waals surface area (Å²) < 4.78 is 5.84. The molecule has 25 heavy (non-hydrogen) atoms. The third-order valence-electron chi connectivity index (χ3n) is 4.40. The van der Waals surface area contributed by atoms with Gasteiger partial charge in [-0.3, -0.25) is 0 Å². The highest BCUT2D eigenvalue weighted by molar-refractivity contribution is 5.34. The molecule has 0 saturated heterocycles. The van der Waals surface area contributed by atoms with Gasteiger partial charge in [0.2, 0.25) is 0 Å². The second-order valence-electron chi connectivity index (χ2n) is 6.23. The number of nitrogens with zero attached hydrogens (tertiary/aromatic N) is 3. The second-order valence-corrected chi connectivity index (χ2v) is 6.23. The molecule has 2 aromatic carbocycles. The lowest BCUT2D eigenvalue weighted by atomic mass is 10.1. The molecule has 126 valence electrons. The minimum Gasteiger partial charge on any atom is -0.489 e. The average Bonchev–Trinajstić information content (AvgIpc) is 3.47. The van der Waals surface area contributed by atoms with Gasteiger partial charge >= 0.3 is 0 Å². The van der Waals surface area contributed by atoms with Crippen LogP contribution in [0, 0.1) is 0 Å². The van der Waals surface area contributed by atoms with Crippen LogP contribution in [0.4, 0.5) is 0 Å². The van der Waals surface area contributed by atoms with E-state index < -0.39 is 0 Å². The lowest BCUT2D eigenvalue weighted by Crippen LogP contribution is -2.19. The summed E-state index contributed by atoms with van der Waals surface area (Å²) in [6.07, 6.45) is 4.40. The third kappa shape index (κ3) is 4.19. The van der Waals surface area contributed by atoms with Crippen molar-refractivity contribution in [3.8, 4) is 5.75 Å². The molecule has 1 aromatic heterocycles. The van der Waals surface area contributed by atoms with Crippen molar-refractivity contribution in [2.45, 2.75) is 31.5 Å². The first-order valence-electron chi connectivity index (χ1n) is 8.51. The summed E-state index contributed by atoms with van der Waals surface area (Å²) in [6, 6.07) is 19.1. The van der Waals surface area contributed by atoms with E-state index in [1.54, 1.807) is 12.4 Å². The van der Waals surface area contributed by atoms with Crippen LogP contribution < -0.4 is 10.1 Å². The maximum absolute atomic E-state index is 5.84. The maximum Gasteiger partial charge on any atom is 0.164 e. The highest BCUT2D eigenvalue weighted by Crippen LogP contribution is 2.41. The van der Waals surface area contributed by atoms with E-state index in [1.165, 1.54) is 11.1 Å². The molecule has 0 bridgehead atoms. The van der Waals surface area contributed by atoms with Gasteiger partial charge in [-0.15, -0.1) is 5.10 Å². The minimum atomic E-state index is 0.486. The fraction of sp³-hybridized carbons (Fsp3) is 0.250. The number of benzene rings is 2. The van der Waals surface area contributed by atoms with E-state index in [1.807, 2.05) is 18.2 Å². The molecule has 1 saturated carbocycles. The van der Waals surface area contributed by atoms with Crippen LogP contribution in [-0.4, -0.2) is 21.2 Å². The van der Waals surface area contributed by atoms with Crippen LogP contribution >= 0.6 is 0 Å². The van der Waals surface area contributed by atoms with Crippen LogP contribution in [0.2, 0.25) is 0 Å². The largest absolute Gasteiger partial charge is 0.489 e. The van der Waals surface area contributed by atoms with Gasteiger partial charge in [0.1, 0.15) is 12.4 Å². The molecule has 2 atom stereocenters. The SMILES string of the molecule is c1ccc(COc2ccc(C3CC3NCc3nccnn3)cc2)cc1. The van der Waals surface area contributed by atoms with E-state index in [2.05, 4.69) is 56.9 Å². The Balaban J connectivity index is 1.27. The normalized spacial score (nSPS) is 18.7. The predicted molar refractivity (Wildman–Crippen MR) is 95.0 cm³/mol. The molecule has 5 heteroatoms. The number of aromatic nitrogens is 3. The number of hydrogen-bond acceptors (Lipinski definition) is 5. The van der Waals surface area contributed by atoms with Gasteiger partial charge in [0.25, 0.3) is 0 Å². The molecular weight excluding hydrogens is 312 g/mol. The van der Waals surface area contributed by atoms with Crippen LogP contribution in [0.15, 0.2) is 67.0 Å². The molecule has 0 radical (unpaired) electrons. The Kier molecular flexibility index (Phi) is 4.65. The summed E-state index contributed by atoms with van der Waals surface area (Å²) in [5.41, 5.74) is 2.52. The zero-order valence-electron chi connectivity index (χ0n) is 13.9. The predicted octanol–water partition coefficient (Wildman–Crippen LogP) is 3.10. The fourth-order valence-electron chi connectivity index (χ4n) is 2.92. The molecular formula is C20H20N4O. The Labute approximate surface area is 147 Å². The number of rotatable bonds is 7. The summed E-state index contributed by atoms with van der Waals surface area (Å²) in [6.45, 7) is 1.26. The Morgan fingerprint density at radius 1 is 1.00 bits per heavy atom. The summed E-state index contributed by atoms with van der Waals surface area (Å²) in [7, 11) is 0. The number of ether oxygens (including phenoxy) is 1. The highest BCUT2D eigenvalue weighted by atomic mass is 16.5. The minimum absolute atomic E-state index is 0.486. The van der Waals surface area contributed by atoms with Crippen LogP contribution in [0.3, 0.4) is 0 Å². The van der Waals surface area contributed by atoms with Crippen molar-refractivity contribution in [1.29, 1.82) is 0 Å². The van der Waals surface area contributed by atoms with E-state index in [9.17, 15) is 0 Å². The second kappa shape index (κ2) is 7.40. The van der Waals surface area contributed by atoms with E-state index in [-0.39, 0.29) is 0 Å². The molecule has 5 nitrogen and oxygen atoms in total. The van der Waals surface area contributed by atoms with Crippen molar-refractivity contribution in [2.75, 3.05) is 0 Å². The molecule has 1 heterocycles. The number of hydrogen-bond donors (Lipinski definition) is 1. The highest BCUT2D eigenvalue weighted by Gasteiger charge is 2.37. The van der Waals surface area contributed by atoms with Crippen LogP contribution in [0.5, 0.6) is 5.75 Å². The average molecular weight is 332 g/mol. The Morgan fingerprint density at radius 2 is 1.84 bits per heavy atom.